The minimum absolute atomic E-state index is 0. The number of benzene rings is 2. The van der Waals surface area contributed by atoms with Crippen molar-refractivity contribution in [3.05, 3.63) is 84.6 Å². The number of carboxylic acids is 1. The molecule has 0 saturated carbocycles. The number of nitrogens with one attached hydrogen (secondary N) is 1. The Morgan fingerprint density at radius 3 is 2.42 bits per heavy atom. The van der Waals surface area contributed by atoms with E-state index in [1.165, 1.54) is 18.2 Å². The second-order valence-corrected chi connectivity index (χ2v) is 9.33. The van der Waals surface area contributed by atoms with Gasteiger partial charge < -0.3 is 30.0 Å². The number of hydrogen-bond acceptors (Lipinski definition) is 8. The van der Waals surface area contributed by atoms with Crippen LogP contribution in [0.25, 0.3) is 28.8 Å². The third kappa shape index (κ3) is 8.06. The van der Waals surface area contributed by atoms with Crippen LogP contribution in [0.2, 0.25) is 0 Å². The molecule has 0 saturated heterocycles. The van der Waals surface area contributed by atoms with Gasteiger partial charge in [0.05, 0.1) is 29.3 Å². The van der Waals surface area contributed by atoms with Gasteiger partial charge >= 0.3 is 29.6 Å². The first kappa shape index (κ1) is 31.1. The second-order valence-electron chi connectivity index (χ2n) is 9.33. The molecule has 0 aliphatic carbocycles. The maximum atomic E-state index is 13.7. The normalized spacial score (nSPS) is 12.8. The standard InChI is InChI=1S/C29H30FN5O4.Na/c1-18(2)28-34-26(19-8-10-20(30)11-9-19)27(35(28)15-13-22(36)16-23(37)17-25(38)39)24-12-14-31-29(33-24)32-21-6-4-3-5-7-21;/h3-15,18,22-23,36-37H,16-17H2,1-2H3,(H,38,39)(H,31,32,33);/q;+1/p-1/b15-13+;/t22-,23-;/m0./s1. The van der Waals surface area contributed by atoms with Gasteiger partial charge in [-0.15, -0.1) is 0 Å². The summed E-state index contributed by atoms with van der Waals surface area (Å²) in [6.07, 6.45) is 1.53. The number of halogens is 1. The number of aliphatic carboxylic acids is 1. The summed E-state index contributed by atoms with van der Waals surface area (Å²) in [4.78, 5) is 24.7. The molecule has 3 N–H and O–H groups in total. The number of imidazole rings is 1. The summed E-state index contributed by atoms with van der Waals surface area (Å²) in [5.74, 6) is -0.813. The summed E-state index contributed by atoms with van der Waals surface area (Å²) >= 11 is 0. The molecule has 40 heavy (non-hydrogen) atoms. The van der Waals surface area contributed by atoms with Crippen LogP contribution in [0, 0.1) is 5.82 Å². The average Bonchev–Trinajstić information content (AvgIpc) is 3.28. The summed E-state index contributed by atoms with van der Waals surface area (Å²) in [5.41, 5.74) is 3.14. The molecule has 0 aliphatic rings. The number of para-hydroxylation sites is 1. The van der Waals surface area contributed by atoms with E-state index in [1.54, 1.807) is 35.2 Å². The maximum Gasteiger partial charge on any atom is 1.00 e. The Labute approximate surface area is 253 Å². The third-order valence-electron chi connectivity index (χ3n) is 5.87. The van der Waals surface area contributed by atoms with Crippen LogP contribution >= 0.6 is 0 Å². The van der Waals surface area contributed by atoms with Crippen LogP contribution in [0.5, 0.6) is 0 Å². The van der Waals surface area contributed by atoms with Gasteiger partial charge in [-0.1, -0.05) is 32.0 Å². The van der Waals surface area contributed by atoms with Gasteiger partial charge in [0, 0.05) is 48.4 Å². The van der Waals surface area contributed by atoms with Crippen molar-refractivity contribution >= 4 is 23.8 Å². The van der Waals surface area contributed by atoms with E-state index in [-0.39, 0.29) is 47.7 Å². The maximum absolute atomic E-state index is 13.7. The Morgan fingerprint density at radius 2 is 1.77 bits per heavy atom. The summed E-state index contributed by atoms with van der Waals surface area (Å²) in [6.45, 7) is 3.93. The molecule has 0 radical (unpaired) electrons. The van der Waals surface area contributed by atoms with Crippen molar-refractivity contribution in [3.63, 3.8) is 0 Å². The average molecular weight is 554 g/mol. The molecule has 2 heterocycles. The van der Waals surface area contributed by atoms with Crippen molar-refractivity contribution < 1.29 is 54.1 Å². The Morgan fingerprint density at radius 1 is 1.07 bits per heavy atom. The SMILES string of the molecule is CC(C)c1nc(-c2ccc(F)cc2)c(-c2ccnc(Nc3ccccc3)n2)n1/C=C/[C@H](O)C[C@H](O)CC(=O)[O-].[Na+]. The number of aliphatic hydroxyl groups excluding tert-OH is 2. The molecule has 11 heteroatoms. The van der Waals surface area contributed by atoms with Gasteiger partial charge in [0.1, 0.15) is 11.6 Å². The second kappa shape index (κ2) is 14.3. The Kier molecular flexibility index (Phi) is 11.1. The van der Waals surface area contributed by atoms with Crippen LogP contribution in [0.15, 0.2) is 72.9 Å². The van der Waals surface area contributed by atoms with Crippen molar-refractivity contribution in [1.82, 2.24) is 19.5 Å². The number of aliphatic hydroxyl groups is 2. The van der Waals surface area contributed by atoms with Gasteiger partial charge in [0.25, 0.3) is 0 Å². The smallest absolute Gasteiger partial charge is 0.550 e. The number of carbonyl (C=O) groups excluding carboxylic acids is 1. The molecule has 0 fully saturated rings. The van der Waals surface area contributed by atoms with E-state index in [2.05, 4.69) is 10.3 Å². The zero-order valence-corrected chi connectivity index (χ0v) is 24.5. The fourth-order valence-corrected chi connectivity index (χ4v) is 4.08. The van der Waals surface area contributed by atoms with Crippen LogP contribution in [0.4, 0.5) is 16.0 Å². The zero-order chi connectivity index (χ0) is 27.9. The minimum atomic E-state index is -1.40. The summed E-state index contributed by atoms with van der Waals surface area (Å²) in [7, 11) is 0. The molecule has 4 aromatic rings. The molecule has 2 aromatic heterocycles. The Bertz CT molecular complexity index is 1440. The monoisotopic (exact) mass is 553 g/mol. The minimum Gasteiger partial charge on any atom is -0.550 e. The number of hydrogen-bond donors (Lipinski definition) is 3. The van der Waals surface area contributed by atoms with Crippen molar-refractivity contribution in [2.24, 2.45) is 0 Å². The number of anilines is 2. The van der Waals surface area contributed by atoms with Gasteiger partial charge in [0.15, 0.2) is 0 Å². The van der Waals surface area contributed by atoms with Gasteiger partial charge in [-0.25, -0.2) is 19.3 Å². The number of nitrogens with zero attached hydrogens (tertiary/aromatic N) is 4. The van der Waals surface area contributed by atoms with E-state index in [0.717, 1.165) is 5.69 Å². The quantitative estimate of drug-likeness (QED) is 0.232. The predicted molar refractivity (Wildman–Crippen MR) is 144 cm³/mol. The Hall–Kier alpha value is -3.41. The van der Waals surface area contributed by atoms with Crippen molar-refractivity contribution in [1.29, 1.82) is 0 Å². The number of carboxylic acid groups (broad SMARTS) is 1. The van der Waals surface area contributed by atoms with Gasteiger partial charge in [-0.2, -0.15) is 0 Å². The van der Waals surface area contributed by atoms with Crippen molar-refractivity contribution in [2.45, 2.75) is 44.8 Å². The zero-order valence-electron chi connectivity index (χ0n) is 22.5. The first-order valence-corrected chi connectivity index (χ1v) is 12.5. The Balaban J connectivity index is 0.00000441. The van der Waals surface area contributed by atoms with Gasteiger partial charge in [-0.05, 0) is 48.5 Å². The summed E-state index contributed by atoms with van der Waals surface area (Å²) in [5, 5.41) is 34.3. The molecular formula is C29H29FN5NaO4. The van der Waals surface area contributed by atoms with Crippen LogP contribution in [-0.4, -0.2) is 47.9 Å². The molecular weight excluding hydrogens is 524 g/mol. The van der Waals surface area contributed by atoms with E-state index < -0.39 is 24.6 Å². The van der Waals surface area contributed by atoms with E-state index >= 15 is 0 Å². The van der Waals surface area contributed by atoms with Gasteiger partial charge in [-0.3, -0.25) is 0 Å². The topological polar surface area (TPSA) is 136 Å². The summed E-state index contributed by atoms with van der Waals surface area (Å²) in [6, 6.07) is 17.2. The van der Waals surface area contributed by atoms with Crippen molar-refractivity contribution in [2.75, 3.05) is 5.32 Å². The molecule has 2 atom stereocenters. The first-order valence-electron chi connectivity index (χ1n) is 12.5. The van der Waals surface area contributed by atoms with Crippen molar-refractivity contribution in [3.8, 4) is 22.6 Å². The molecule has 9 nitrogen and oxygen atoms in total. The number of aromatic nitrogens is 4. The first-order chi connectivity index (χ1) is 18.7. The molecule has 0 amide bonds. The number of carbonyl (C=O) groups is 1. The van der Waals surface area contributed by atoms with E-state index in [4.69, 9.17) is 9.97 Å². The summed E-state index contributed by atoms with van der Waals surface area (Å²) < 4.78 is 15.5. The molecule has 0 aliphatic heterocycles. The molecule has 0 unspecified atom stereocenters. The predicted octanol–water partition coefficient (Wildman–Crippen LogP) is 0.740. The van der Waals surface area contributed by atoms with Crippen LogP contribution < -0.4 is 40.0 Å². The number of rotatable bonds is 11. The molecule has 202 valence electrons. The fourth-order valence-electron chi connectivity index (χ4n) is 4.08. The van der Waals surface area contributed by atoms with Crippen LogP contribution in [0.3, 0.4) is 0 Å². The van der Waals surface area contributed by atoms with E-state index in [1.807, 2.05) is 44.2 Å². The largest absolute Gasteiger partial charge is 1.00 e. The molecule has 2 aromatic carbocycles. The van der Waals surface area contributed by atoms with Gasteiger partial charge in [0.2, 0.25) is 5.95 Å². The van der Waals surface area contributed by atoms with E-state index in [0.29, 0.717) is 34.4 Å². The van der Waals surface area contributed by atoms with E-state index in [9.17, 15) is 24.5 Å². The molecule has 0 bridgehead atoms. The van der Waals surface area contributed by atoms with Crippen LogP contribution in [-0.2, 0) is 4.79 Å². The fraction of sp³-hybridized carbons (Fsp3) is 0.241. The molecule has 4 rings (SSSR count). The molecule has 0 spiro atoms. The third-order valence-corrected chi connectivity index (χ3v) is 5.87. The van der Waals surface area contributed by atoms with Crippen LogP contribution in [0.1, 0.15) is 38.4 Å².